The molecule has 1 unspecified atom stereocenters. The van der Waals surface area contributed by atoms with Gasteiger partial charge in [0, 0.05) is 12.4 Å². The monoisotopic (exact) mass is 290 g/mol. The van der Waals surface area contributed by atoms with Gasteiger partial charge >= 0.3 is 0 Å². The van der Waals surface area contributed by atoms with Crippen molar-refractivity contribution in [2.45, 2.75) is 19.5 Å². The largest absolute Gasteiger partial charge is 0.376 e. The first-order chi connectivity index (χ1) is 9.63. The minimum absolute atomic E-state index is 0.0299. The minimum Gasteiger partial charge on any atom is -0.376 e. The topological polar surface area (TPSA) is 59.8 Å². The van der Waals surface area contributed by atoms with E-state index >= 15 is 0 Å². The van der Waals surface area contributed by atoms with Gasteiger partial charge in [0.05, 0.1) is 24.5 Å². The number of aromatic nitrogens is 3. The zero-order chi connectivity index (χ0) is 14.5. The molecule has 104 valence electrons. The van der Waals surface area contributed by atoms with Gasteiger partial charge in [0.1, 0.15) is 5.02 Å². The molecular formula is C14H15ClN4O. The summed E-state index contributed by atoms with van der Waals surface area (Å²) in [5.74, 6) is 0. The predicted molar refractivity (Wildman–Crippen MR) is 80.0 cm³/mol. The molecule has 0 fully saturated rings. The Labute approximate surface area is 121 Å². The van der Waals surface area contributed by atoms with Crippen molar-refractivity contribution in [1.29, 1.82) is 0 Å². The van der Waals surface area contributed by atoms with Crippen LogP contribution in [0.3, 0.4) is 0 Å². The van der Waals surface area contributed by atoms with Crippen LogP contribution in [-0.2, 0) is 6.54 Å². The van der Waals surface area contributed by atoms with Crippen LogP contribution in [-0.4, -0.2) is 14.8 Å². The van der Waals surface area contributed by atoms with Crippen LogP contribution in [0.1, 0.15) is 18.5 Å². The Morgan fingerprint density at radius 1 is 1.55 bits per heavy atom. The summed E-state index contributed by atoms with van der Waals surface area (Å²) in [6.07, 6.45) is 6.61. The third-order valence-electron chi connectivity index (χ3n) is 2.84. The summed E-state index contributed by atoms with van der Waals surface area (Å²) >= 11 is 6.08. The van der Waals surface area contributed by atoms with Gasteiger partial charge in [-0.25, -0.2) is 4.68 Å². The zero-order valence-electron chi connectivity index (χ0n) is 11.1. The molecule has 2 rings (SSSR count). The fourth-order valence-corrected chi connectivity index (χ4v) is 1.97. The molecular weight excluding hydrogens is 276 g/mol. The average molecular weight is 291 g/mol. The Balaban J connectivity index is 2.24. The molecule has 0 saturated carbocycles. The van der Waals surface area contributed by atoms with E-state index in [1.54, 1.807) is 24.7 Å². The lowest BCUT2D eigenvalue weighted by atomic mass is 10.1. The molecule has 0 amide bonds. The molecule has 0 radical (unpaired) electrons. The van der Waals surface area contributed by atoms with Crippen LogP contribution in [0, 0.1) is 0 Å². The number of pyridine rings is 1. The summed E-state index contributed by atoms with van der Waals surface area (Å²) in [6, 6.07) is 3.78. The molecule has 0 aliphatic carbocycles. The van der Waals surface area contributed by atoms with Gasteiger partial charge in [-0.3, -0.25) is 9.78 Å². The van der Waals surface area contributed by atoms with Crippen LogP contribution < -0.4 is 10.9 Å². The van der Waals surface area contributed by atoms with Crippen LogP contribution in [0.4, 0.5) is 5.69 Å². The van der Waals surface area contributed by atoms with Crippen LogP contribution >= 0.6 is 11.6 Å². The van der Waals surface area contributed by atoms with Crippen molar-refractivity contribution in [3.05, 3.63) is 64.3 Å². The summed E-state index contributed by atoms with van der Waals surface area (Å²) in [4.78, 5) is 16.0. The van der Waals surface area contributed by atoms with Gasteiger partial charge in [-0.05, 0) is 18.6 Å². The van der Waals surface area contributed by atoms with Crippen LogP contribution in [0.25, 0.3) is 0 Å². The molecule has 2 aromatic rings. The van der Waals surface area contributed by atoms with Gasteiger partial charge in [-0.15, -0.1) is 6.58 Å². The number of rotatable bonds is 5. The first kappa shape index (κ1) is 14.3. The molecule has 0 aliphatic heterocycles. The minimum atomic E-state index is -0.338. The van der Waals surface area contributed by atoms with E-state index in [4.69, 9.17) is 11.6 Å². The Hall–Kier alpha value is -2.14. The van der Waals surface area contributed by atoms with Crippen molar-refractivity contribution in [1.82, 2.24) is 14.8 Å². The quantitative estimate of drug-likeness (QED) is 0.860. The molecule has 0 bridgehead atoms. The first-order valence-electron chi connectivity index (χ1n) is 6.16. The third kappa shape index (κ3) is 3.05. The maximum Gasteiger partial charge on any atom is 0.287 e. The number of hydrogen-bond donors (Lipinski definition) is 1. The van der Waals surface area contributed by atoms with Crippen molar-refractivity contribution < 1.29 is 0 Å². The fourth-order valence-electron chi connectivity index (χ4n) is 1.77. The zero-order valence-corrected chi connectivity index (χ0v) is 11.8. The van der Waals surface area contributed by atoms with E-state index in [2.05, 4.69) is 22.0 Å². The van der Waals surface area contributed by atoms with Crippen molar-refractivity contribution >= 4 is 17.3 Å². The molecule has 1 N–H and O–H groups in total. The lowest BCUT2D eigenvalue weighted by molar-refractivity contribution is 0.652. The van der Waals surface area contributed by atoms with Gasteiger partial charge in [0.15, 0.2) is 0 Å². The molecule has 0 saturated heterocycles. The molecule has 0 aromatic carbocycles. The standard InChI is InChI=1S/C14H15ClN4O/c1-3-7-19-14(20)13(15)12(9-17-19)18-10(2)11-5-4-6-16-8-11/h3-6,8-10,18H,1,7H2,2H3. The second-order valence-electron chi connectivity index (χ2n) is 4.30. The number of allylic oxidation sites excluding steroid dienone is 1. The van der Waals surface area contributed by atoms with Crippen molar-refractivity contribution in [3.8, 4) is 0 Å². The maximum absolute atomic E-state index is 12.0. The van der Waals surface area contributed by atoms with Gasteiger partial charge in [0.2, 0.25) is 0 Å². The summed E-state index contributed by atoms with van der Waals surface area (Å²) in [5.41, 5.74) is 1.17. The average Bonchev–Trinajstić information content (AvgIpc) is 2.48. The smallest absolute Gasteiger partial charge is 0.287 e. The molecule has 2 heterocycles. The Bertz CT molecular complexity index is 654. The highest BCUT2D eigenvalue weighted by Gasteiger charge is 2.12. The van der Waals surface area contributed by atoms with E-state index < -0.39 is 0 Å². The highest BCUT2D eigenvalue weighted by Crippen LogP contribution is 2.22. The molecule has 2 aromatic heterocycles. The van der Waals surface area contributed by atoms with Gasteiger partial charge in [-0.2, -0.15) is 5.10 Å². The van der Waals surface area contributed by atoms with Gasteiger partial charge < -0.3 is 5.32 Å². The molecule has 0 aliphatic rings. The molecule has 1 atom stereocenters. The second kappa shape index (κ2) is 6.34. The summed E-state index contributed by atoms with van der Waals surface area (Å²) < 4.78 is 1.26. The fraction of sp³-hybridized carbons (Fsp3) is 0.214. The Kier molecular flexibility index (Phi) is 4.53. The van der Waals surface area contributed by atoms with E-state index in [-0.39, 0.29) is 16.6 Å². The van der Waals surface area contributed by atoms with Gasteiger partial charge in [-0.1, -0.05) is 23.7 Å². The highest BCUT2D eigenvalue weighted by atomic mass is 35.5. The van der Waals surface area contributed by atoms with Crippen LogP contribution in [0.15, 0.2) is 48.2 Å². The third-order valence-corrected chi connectivity index (χ3v) is 3.21. The Morgan fingerprint density at radius 3 is 3.00 bits per heavy atom. The van der Waals surface area contributed by atoms with E-state index in [1.807, 2.05) is 19.1 Å². The summed E-state index contributed by atoms with van der Waals surface area (Å²) in [5, 5.41) is 7.33. The number of halogens is 1. The lowest BCUT2D eigenvalue weighted by Gasteiger charge is -2.16. The number of nitrogens with zero attached hydrogens (tertiary/aromatic N) is 3. The van der Waals surface area contributed by atoms with Crippen LogP contribution in [0.2, 0.25) is 5.02 Å². The summed E-state index contributed by atoms with van der Waals surface area (Å²) in [7, 11) is 0. The highest BCUT2D eigenvalue weighted by molar-refractivity contribution is 6.32. The SMILES string of the molecule is C=CCn1ncc(NC(C)c2cccnc2)c(Cl)c1=O. The van der Waals surface area contributed by atoms with E-state index in [0.717, 1.165) is 5.56 Å². The number of hydrogen-bond acceptors (Lipinski definition) is 4. The van der Waals surface area contributed by atoms with E-state index in [9.17, 15) is 4.79 Å². The second-order valence-corrected chi connectivity index (χ2v) is 4.68. The molecule has 20 heavy (non-hydrogen) atoms. The molecule has 6 heteroatoms. The number of nitrogens with one attached hydrogen (secondary N) is 1. The molecule has 5 nitrogen and oxygen atoms in total. The predicted octanol–water partition coefficient (Wildman–Crippen LogP) is 2.65. The maximum atomic E-state index is 12.0. The van der Waals surface area contributed by atoms with Crippen molar-refractivity contribution in [2.75, 3.05) is 5.32 Å². The van der Waals surface area contributed by atoms with Crippen molar-refractivity contribution in [3.63, 3.8) is 0 Å². The Morgan fingerprint density at radius 2 is 2.35 bits per heavy atom. The van der Waals surface area contributed by atoms with E-state index in [0.29, 0.717) is 12.2 Å². The summed E-state index contributed by atoms with van der Waals surface area (Å²) in [6.45, 7) is 5.86. The van der Waals surface area contributed by atoms with Crippen molar-refractivity contribution in [2.24, 2.45) is 0 Å². The van der Waals surface area contributed by atoms with Crippen LogP contribution in [0.5, 0.6) is 0 Å². The normalized spacial score (nSPS) is 11.9. The lowest BCUT2D eigenvalue weighted by Crippen LogP contribution is -2.24. The molecule has 0 spiro atoms. The first-order valence-corrected chi connectivity index (χ1v) is 6.54. The number of anilines is 1. The van der Waals surface area contributed by atoms with E-state index in [1.165, 1.54) is 4.68 Å². The van der Waals surface area contributed by atoms with Gasteiger partial charge in [0.25, 0.3) is 5.56 Å².